The van der Waals surface area contributed by atoms with Crippen LogP contribution >= 0.6 is 15.9 Å². The fraction of sp³-hybridized carbons (Fsp3) is 0.200. The lowest BCUT2D eigenvalue weighted by Gasteiger charge is -2.18. The molecule has 0 aliphatic carbocycles. The van der Waals surface area contributed by atoms with Crippen molar-refractivity contribution >= 4 is 21.9 Å². The minimum absolute atomic E-state index is 0.0726. The molecule has 2 N–H and O–H groups in total. The molecule has 1 unspecified atom stereocenters. The number of nitrogens with zero attached hydrogens (tertiary/aromatic N) is 2. The zero-order valence-electron chi connectivity index (χ0n) is 15.1. The molecule has 0 aliphatic rings. The zero-order chi connectivity index (χ0) is 20.1. The molecule has 1 aromatic heterocycles. The Balaban J connectivity index is 1.74. The summed E-state index contributed by atoms with van der Waals surface area (Å²) in [7, 11) is 1.57. The molecule has 1 atom stereocenters. The van der Waals surface area contributed by atoms with Gasteiger partial charge in [0.2, 0.25) is 0 Å². The fourth-order valence-electron chi connectivity index (χ4n) is 2.83. The lowest BCUT2D eigenvalue weighted by Crippen LogP contribution is -2.23. The Bertz CT molecular complexity index is 977. The van der Waals surface area contributed by atoms with E-state index in [9.17, 15) is 14.3 Å². The van der Waals surface area contributed by atoms with Gasteiger partial charge in [-0.15, -0.1) is 0 Å². The van der Waals surface area contributed by atoms with Crippen molar-refractivity contribution in [3.8, 4) is 11.4 Å². The van der Waals surface area contributed by atoms with Gasteiger partial charge >= 0.3 is 5.97 Å². The Morgan fingerprint density at radius 3 is 2.86 bits per heavy atom. The molecule has 3 rings (SSSR count). The number of carbonyl (C=O) groups is 1. The number of hydrogen-bond donors (Lipinski definition) is 2. The zero-order valence-corrected chi connectivity index (χ0v) is 16.7. The highest BCUT2D eigenvalue weighted by molar-refractivity contribution is 9.10. The third kappa shape index (κ3) is 4.96. The highest BCUT2D eigenvalue weighted by Crippen LogP contribution is 2.29. The van der Waals surface area contributed by atoms with E-state index in [1.807, 2.05) is 12.1 Å². The van der Waals surface area contributed by atoms with E-state index in [1.54, 1.807) is 42.4 Å². The van der Waals surface area contributed by atoms with Crippen LogP contribution in [0.4, 0.5) is 4.39 Å². The molecule has 0 aliphatic heterocycles. The molecule has 2 aromatic carbocycles. The van der Waals surface area contributed by atoms with Gasteiger partial charge in [-0.25, -0.2) is 9.07 Å². The summed E-state index contributed by atoms with van der Waals surface area (Å²) in [5, 5.41) is 16.8. The second kappa shape index (κ2) is 8.99. The second-order valence-electron chi connectivity index (χ2n) is 6.20. The summed E-state index contributed by atoms with van der Waals surface area (Å²) in [6.07, 6.45) is 3.38. The Kier molecular flexibility index (Phi) is 6.43. The number of aromatic nitrogens is 2. The molecule has 0 radical (unpaired) electrons. The summed E-state index contributed by atoms with van der Waals surface area (Å²) >= 11 is 3.43. The van der Waals surface area contributed by atoms with E-state index >= 15 is 0 Å². The van der Waals surface area contributed by atoms with E-state index < -0.39 is 12.0 Å². The van der Waals surface area contributed by atoms with Crippen LogP contribution in [0.1, 0.15) is 23.6 Å². The Labute approximate surface area is 170 Å². The van der Waals surface area contributed by atoms with E-state index in [-0.39, 0.29) is 12.2 Å². The number of rotatable bonds is 8. The molecule has 3 aromatic rings. The lowest BCUT2D eigenvalue weighted by atomic mass is 10.0. The van der Waals surface area contributed by atoms with Gasteiger partial charge in [-0.1, -0.05) is 12.1 Å². The van der Waals surface area contributed by atoms with Crippen LogP contribution in [-0.2, 0) is 11.3 Å². The highest BCUT2D eigenvalue weighted by atomic mass is 79.9. The van der Waals surface area contributed by atoms with Gasteiger partial charge in [-0.2, -0.15) is 5.10 Å². The van der Waals surface area contributed by atoms with Gasteiger partial charge in [0.1, 0.15) is 11.6 Å². The van der Waals surface area contributed by atoms with Crippen LogP contribution in [0, 0.1) is 5.82 Å². The van der Waals surface area contributed by atoms with E-state index in [0.717, 1.165) is 15.6 Å². The fourth-order valence-corrected chi connectivity index (χ4v) is 3.39. The molecule has 0 spiro atoms. The summed E-state index contributed by atoms with van der Waals surface area (Å²) in [6, 6.07) is 11.2. The van der Waals surface area contributed by atoms with Gasteiger partial charge in [0.25, 0.3) is 0 Å². The van der Waals surface area contributed by atoms with Gasteiger partial charge in [-0.05, 0) is 51.8 Å². The predicted molar refractivity (Wildman–Crippen MR) is 106 cm³/mol. The standard InChI is InChI=1S/C20H19BrFN3O3/c1-28-19-6-5-14(7-17(19)21)18(9-20(26)27)23-10-13-11-24-25(12-13)16-4-2-3-15(22)8-16/h2-8,11-12,18,23H,9-10H2,1H3,(H,26,27). The largest absolute Gasteiger partial charge is 0.496 e. The number of nitrogens with one attached hydrogen (secondary N) is 1. The van der Waals surface area contributed by atoms with E-state index in [1.165, 1.54) is 12.1 Å². The molecule has 8 heteroatoms. The van der Waals surface area contributed by atoms with Gasteiger partial charge in [0.15, 0.2) is 0 Å². The third-order valence-corrected chi connectivity index (χ3v) is 4.84. The van der Waals surface area contributed by atoms with E-state index in [4.69, 9.17) is 4.74 Å². The quantitative estimate of drug-likeness (QED) is 0.543. The molecule has 0 amide bonds. The molecular weight excluding hydrogens is 429 g/mol. The number of halogens is 2. The first kappa shape index (κ1) is 20.0. The molecule has 146 valence electrons. The SMILES string of the molecule is COc1ccc(C(CC(=O)O)NCc2cnn(-c3cccc(F)c3)c2)cc1Br. The highest BCUT2D eigenvalue weighted by Gasteiger charge is 2.17. The second-order valence-corrected chi connectivity index (χ2v) is 7.05. The minimum Gasteiger partial charge on any atom is -0.496 e. The molecule has 0 saturated heterocycles. The van der Waals surface area contributed by atoms with Crippen molar-refractivity contribution < 1.29 is 19.0 Å². The Hall–Kier alpha value is -2.71. The first-order valence-corrected chi connectivity index (χ1v) is 9.33. The maximum Gasteiger partial charge on any atom is 0.305 e. The van der Waals surface area contributed by atoms with E-state index in [2.05, 4.69) is 26.3 Å². The van der Waals surface area contributed by atoms with Gasteiger partial charge < -0.3 is 15.2 Å². The number of aliphatic carboxylic acids is 1. The molecule has 0 saturated carbocycles. The molecular formula is C20H19BrFN3O3. The summed E-state index contributed by atoms with van der Waals surface area (Å²) < 4.78 is 20.9. The first-order chi connectivity index (χ1) is 13.5. The summed E-state index contributed by atoms with van der Waals surface area (Å²) in [5.41, 5.74) is 2.30. The Morgan fingerprint density at radius 2 is 2.18 bits per heavy atom. The van der Waals surface area contributed by atoms with Crippen LogP contribution in [-0.4, -0.2) is 28.0 Å². The maximum absolute atomic E-state index is 13.4. The average molecular weight is 448 g/mol. The molecule has 0 bridgehead atoms. The van der Waals surface area contributed by atoms with Gasteiger partial charge in [0, 0.05) is 24.3 Å². The van der Waals surface area contributed by atoms with Crippen molar-refractivity contribution in [1.82, 2.24) is 15.1 Å². The number of hydrogen-bond acceptors (Lipinski definition) is 4. The van der Waals surface area contributed by atoms with Crippen molar-refractivity contribution in [3.63, 3.8) is 0 Å². The first-order valence-electron chi connectivity index (χ1n) is 8.54. The molecule has 0 fully saturated rings. The van der Waals surface area contributed by atoms with Crippen molar-refractivity contribution in [2.75, 3.05) is 7.11 Å². The predicted octanol–water partition coefficient (Wildman–Crippen LogP) is 4.09. The molecule has 6 nitrogen and oxygen atoms in total. The van der Waals surface area contributed by atoms with Crippen LogP contribution in [0.25, 0.3) is 5.69 Å². The molecule has 28 heavy (non-hydrogen) atoms. The summed E-state index contributed by atoms with van der Waals surface area (Å²) in [4.78, 5) is 11.3. The smallest absolute Gasteiger partial charge is 0.305 e. The van der Waals surface area contributed by atoms with Gasteiger partial charge in [-0.3, -0.25) is 4.79 Å². The van der Waals surface area contributed by atoms with Crippen LogP contribution in [0.5, 0.6) is 5.75 Å². The van der Waals surface area contributed by atoms with Crippen LogP contribution < -0.4 is 10.1 Å². The summed E-state index contributed by atoms with van der Waals surface area (Å²) in [6.45, 7) is 0.414. The third-order valence-electron chi connectivity index (χ3n) is 4.22. The Morgan fingerprint density at radius 1 is 1.36 bits per heavy atom. The van der Waals surface area contributed by atoms with Crippen LogP contribution in [0.15, 0.2) is 59.3 Å². The summed E-state index contributed by atoms with van der Waals surface area (Å²) in [5.74, 6) is -0.562. The van der Waals surface area contributed by atoms with Crippen LogP contribution in [0.2, 0.25) is 0 Å². The lowest BCUT2D eigenvalue weighted by molar-refractivity contribution is -0.137. The molecule has 1 heterocycles. The normalized spacial score (nSPS) is 12.0. The number of carboxylic acid groups (broad SMARTS) is 1. The maximum atomic E-state index is 13.4. The topological polar surface area (TPSA) is 76.4 Å². The van der Waals surface area contributed by atoms with Crippen LogP contribution in [0.3, 0.4) is 0 Å². The van der Waals surface area contributed by atoms with Crippen molar-refractivity contribution in [3.05, 3.63) is 76.3 Å². The van der Waals surface area contributed by atoms with Gasteiger partial charge in [0.05, 0.1) is 29.9 Å². The number of benzene rings is 2. The minimum atomic E-state index is -0.903. The number of methoxy groups -OCH3 is 1. The monoisotopic (exact) mass is 447 g/mol. The number of carboxylic acids is 1. The van der Waals surface area contributed by atoms with Crippen molar-refractivity contribution in [1.29, 1.82) is 0 Å². The van der Waals surface area contributed by atoms with Crippen molar-refractivity contribution in [2.45, 2.75) is 19.0 Å². The van der Waals surface area contributed by atoms with Crippen molar-refractivity contribution in [2.24, 2.45) is 0 Å². The van der Waals surface area contributed by atoms with E-state index in [0.29, 0.717) is 18.0 Å². The number of ether oxygens (including phenoxy) is 1. The average Bonchev–Trinajstić information content (AvgIpc) is 3.14.